The molecule has 1 aromatic carbocycles. The summed E-state index contributed by atoms with van der Waals surface area (Å²) in [6, 6.07) is 6.57. The maximum atomic E-state index is 11.5. The van der Waals surface area contributed by atoms with E-state index < -0.39 is 9.84 Å². The summed E-state index contributed by atoms with van der Waals surface area (Å²) >= 11 is 0. The van der Waals surface area contributed by atoms with Crippen molar-refractivity contribution in [1.82, 2.24) is 5.32 Å². The molecular formula is C16H23NO3S. The van der Waals surface area contributed by atoms with Crippen LogP contribution >= 0.6 is 0 Å². The summed E-state index contributed by atoms with van der Waals surface area (Å²) in [5.74, 6) is 1.30. The van der Waals surface area contributed by atoms with E-state index in [0.29, 0.717) is 12.5 Å². The predicted molar refractivity (Wildman–Crippen MR) is 83.5 cm³/mol. The maximum Gasteiger partial charge on any atom is 0.154 e. The molecule has 2 unspecified atom stereocenters. The topological polar surface area (TPSA) is 55.4 Å². The molecule has 1 fully saturated rings. The Kier molecular flexibility index (Phi) is 4.22. The molecular weight excluding hydrogens is 286 g/mol. The second kappa shape index (κ2) is 5.97. The van der Waals surface area contributed by atoms with Crippen molar-refractivity contribution in [3.63, 3.8) is 0 Å². The monoisotopic (exact) mass is 309 g/mol. The van der Waals surface area contributed by atoms with Crippen LogP contribution in [-0.2, 0) is 16.3 Å². The number of nitrogens with one attached hydrogen (secondary N) is 1. The quantitative estimate of drug-likeness (QED) is 0.906. The van der Waals surface area contributed by atoms with Crippen LogP contribution in [0.2, 0.25) is 0 Å². The highest BCUT2D eigenvalue weighted by molar-refractivity contribution is 7.91. The van der Waals surface area contributed by atoms with E-state index >= 15 is 0 Å². The van der Waals surface area contributed by atoms with E-state index in [1.165, 1.54) is 11.1 Å². The predicted octanol–water partition coefficient (Wildman–Crippen LogP) is 2.24. The first-order valence-electron chi connectivity index (χ1n) is 7.81. The van der Waals surface area contributed by atoms with E-state index in [9.17, 15) is 8.42 Å². The smallest absolute Gasteiger partial charge is 0.154 e. The van der Waals surface area contributed by atoms with Crippen LogP contribution in [0.3, 0.4) is 0 Å². The molecule has 1 heterocycles. The molecule has 0 bridgehead atoms. The number of hydrogen-bond acceptors (Lipinski definition) is 4. The van der Waals surface area contributed by atoms with Crippen molar-refractivity contribution in [2.75, 3.05) is 18.1 Å². The molecule has 5 heteroatoms. The van der Waals surface area contributed by atoms with E-state index in [0.717, 1.165) is 31.6 Å². The van der Waals surface area contributed by atoms with Crippen LogP contribution in [0.15, 0.2) is 18.2 Å². The van der Waals surface area contributed by atoms with E-state index in [1.54, 1.807) is 0 Å². The van der Waals surface area contributed by atoms with Gasteiger partial charge in [-0.05, 0) is 49.4 Å². The van der Waals surface area contributed by atoms with Crippen molar-refractivity contribution in [1.29, 1.82) is 0 Å². The van der Waals surface area contributed by atoms with Crippen molar-refractivity contribution in [2.45, 2.75) is 44.8 Å². The number of rotatable bonds is 5. The highest BCUT2D eigenvalue weighted by atomic mass is 32.2. The number of hydrogen-bond donors (Lipinski definition) is 1. The average Bonchev–Trinajstić information content (AvgIpc) is 3.01. The van der Waals surface area contributed by atoms with Gasteiger partial charge in [0.05, 0.1) is 11.5 Å². The van der Waals surface area contributed by atoms with E-state index in [-0.39, 0.29) is 17.6 Å². The van der Waals surface area contributed by atoms with Crippen molar-refractivity contribution in [2.24, 2.45) is 0 Å². The zero-order valence-electron chi connectivity index (χ0n) is 12.5. The molecule has 21 heavy (non-hydrogen) atoms. The van der Waals surface area contributed by atoms with Crippen LogP contribution in [0.5, 0.6) is 5.75 Å². The highest BCUT2D eigenvalue weighted by Gasteiger charge is 2.31. The zero-order chi connectivity index (χ0) is 14.9. The first kappa shape index (κ1) is 14.9. The fourth-order valence-corrected chi connectivity index (χ4v) is 4.89. The first-order valence-corrected chi connectivity index (χ1v) is 9.63. The molecule has 1 N–H and O–H groups in total. The van der Waals surface area contributed by atoms with Gasteiger partial charge in [-0.15, -0.1) is 0 Å². The lowest BCUT2D eigenvalue weighted by atomic mass is 10.1. The molecule has 1 aliphatic heterocycles. The fourth-order valence-electron chi connectivity index (χ4n) is 3.30. The summed E-state index contributed by atoms with van der Waals surface area (Å²) in [4.78, 5) is 0. The molecule has 0 aromatic heterocycles. The fraction of sp³-hybridized carbons (Fsp3) is 0.625. The molecule has 1 aliphatic carbocycles. The summed E-state index contributed by atoms with van der Waals surface area (Å²) in [5.41, 5.74) is 2.58. The molecule has 2 atom stereocenters. The third kappa shape index (κ3) is 3.24. The molecule has 0 spiro atoms. The van der Waals surface area contributed by atoms with Gasteiger partial charge in [0.2, 0.25) is 0 Å². The SMILES string of the molecule is CCCNC1CCc2c(OC3CCS(=O)(=O)C3)cccc21. The number of ether oxygens (including phenoxy) is 1. The number of sulfone groups is 1. The van der Waals surface area contributed by atoms with Crippen molar-refractivity contribution >= 4 is 9.84 Å². The highest BCUT2D eigenvalue weighted by Crippen LogP contribution is 2.37. The van der Waals surface area contributed by atoms with Crippen molar-refractivity contribution in [3.8, 4) is 5.75 Å². The van der Waals surface area contributed by atoms with Gasteiger partial charge in [-0.3, -0.25) is 0 Å². The van der Waals surface area contributed by atoms with Crippen LogP contribution in [0.25, 0.3) is 0 Å². The van der Waals surface area contributed by atoms with E-state index in [2.05, 4.69) is 18.3 Å². The summed E-state index contributed by atoms with van der Waals surface area (Å²) in [6.07, 6.45) is 3.67. The van der Waals surface area contributed by atoms with Gasteiger partial charge in [0, 0.05) is 6.04 Å². The first-order chi connectivity index (χ1) is 10.1. The van der Waals surface area contributed by atoms with E-state index in [1.807, 2.05) is 12.1 Å². The normalized spacial score (nSPS) is 26.7. The number of benzene rings is 1. The van der Waals surface area contributed by atoms with Crippen molar-refractivity contribution in [3.05, 3.63) is 29.3 Å². The van der Waals surface area contributed by atoms with Gasteiger partial charge in [-0.2, -0.15) is 0 Å². The Labute approximate surface area is 126 Å². The lowest BCUT2D eigenvalue weighted by Gasteiger charge is -2.17. The number of fused-ring (bicyclic) bond motifs is 1. The molecule has 0 radical (unpaired) electrons. The molecule has 4 nitrogen and oxygen atoms in total. The van der Waals surface area contributed by atoms with E-state index in [4.69, 9.17) is 4.74 Å². The van der Waals surface area contributed by atoms with Crippen LogP contribution in [-0.4, -0.2) is 32.6 Å². The Morgan fingerprint density at radius 2 is 2.19 bits per heavy atom. The lowest BCUT2D eigenvalue weighted by molar-refractivity contribution is 0.227. The van der Waals surface area contributed by atoms with Gasteiger partial charge >= 0.3 is 0 Å². The zero-order valence-corrected chi connectivity index (χ0v) is 13.3. The molecule has 2 aliphatic rings. The van der Waals surface area contributed by atoms with Crippen LogP contribution in [0, 0.1) is 0 Å². The molecule has 0 saturated carbocycles. The third-order valence-corrected chi connectivity index (χ3v) is 6.09. The third-order valence-electron chi connectivity index (χ3n) is 4.35. The Morgan fingerprint density at radius 3 is 2.90 bits per heavy atom. The Hall–Kier alpha value is -1.07. The second-order valence-electron chi connectivity index (χ2n) is 6.01. The molecule has 3 rings (SSSR count). The summed E-state index contributed by atoms with van der Waals surface area (Å²) in [7, 11) is -2.89. The molecule has 1 saturated heterocycles. The Bertz CT molecular complexity index is 612. The summed E-state index contributed by atoms with van der Waals surface area (Å²) in [5, 5.41) is 3.57. The molecule has 1 aromatic rings. The van der Waals surface area contributed by atoms with Gasteiger partial charge in [0.15, 0.2) is 9.84 Å². The van der Waals surface area contributed by atoms with Crippen LogP contribution in [0.4, 0.5) is 0 Å². The standard InChI is InChI=1S/C16H23NO3S/c1-2-9-17-15-7-6-14-13(15)4-3-5-16(14)20-12-8-10-21(18,19)11-12/h3-5,12,15,17H,2,6-11H2,1H3. The average molecular weight is 309 g/mol. The lowest BCUT2D eigenvalue weighted by Crippen LogP contribution is -2.20. The van der Waals surface area contributed by atoms with Gasteiger partial charge in [0.1, 0.15) is 11.9 Å². The summed E-state index contributed by atoms with van der Waals surface area (Å²) in [6.45, 7) is 3.19. The largest absolute Gasteiger partial charge is 0.489 e. The summed E-state index contributed by atoms with van der Waals surface area (Å²) < 4.78 is 29.1. The minimum Gasteiger partial charge on any atom is -0.489 e. The Balaban J connectivity index is 1.75. The molecule has 0 amide bonds. The second-order valence-corrected chi connectivity index (χ2v) is 8.24. The van der Waals surface area contributed by atoms with Gasteiger partial charge in [-0.1, -0.05) is 19.1 Å². The molecule has 116 valence electrons. The van der Waals surface area contributed by atoms with Crippen LogP contribution in [0.1, 0.15) is 43.4 Å². The van der Waals surface area contributed by atoms with Gasteiger partial charge in [-0.25, -0.2) is 8.42 Å². The van der Waals surface area contributed by atoms with Gasteiger partial charge < -0.3 is 10.1 Å². The minimum atomic E-state index is -2.89. The van der Waals surface area contributed by atoms with Crippen molar-refractivity contribution < 1.29 is 13.2 Å². The maximum absolute atomic E-state index is 11.5. The Morgan fingerprint density at radius 1 is 1.33 bits per heavy atom. The minimum absolute atomic E-state index is 0.161. The van der Waals surface area contributed by atoms with Gasteiger partial charge in [0.25, 0.3) is 0 Å². The van der Waals surface area contributed by atoms with Crippen LogP contribution < -0.4 is 10.1 Å².